The van der Waals surface area contributed by atoms with E-state index in [2.05, 4.69) is 55.6 Å². The average Bonchev–Trinajstić information content (AvgIpc) is 2.94. The predicted molar refractivity (Wildman–Crippen MR) is 171 cm³/mol. The Labute approximate surface area is 240 Å². The summed E-state index contributed by atoms with van der Waals surface area (Å²) in [6, 6.07) is 14.2. The van der Waals surface area contributed by atoms with Crippen molar-refractivity contribution in [3.63, 3.8) is 0 Å². The summed E-state index contributed by atoms with van der Waals surface area (Å²) >= 11 is 1.96. The van der Waals surface area contributed by atoms with Crippen LogP contribution in [0.4, 0.5) is 11.4 Å². The van der Waals surface area contributed by atoms with Crippen molar-refractivity contribution in [3.8, 4) is 0 Å². The summed E-state index contributed by atoms with van der Waals surface area (Å²) in [7, 11) is 0. The zero-order valence-electron chi connectivity index (χ0n) is 24.9. The molecule has 2 heteroatoms. The van der Waals surface area contributed by atoms with Crippen LogP contribution in [0.25, 0.3) is 0 Å². The quantitative estimate of drug-likeness (QED) is 0.128. The fourth-order valence-corrected chi connectivity index (χ4v) is 6.83. The van der Waals surface area contributed by atoms with Crippen molar-refractivity contribution in [2.45, 2.75) is 165 Å². The molecule has 0 aliphatic carbocycles. The van der Waals surface area contributed by atoms with Crippen molar-refractivity contribution < 1.29 is 0 Å². The van der Waals surface area contributed by atoms with E-state index in [1.54, 1.807) is 0 Å². The van der Waals surface area contributed by atoms with E-state index in [1.165, 1.54) is 174 Å². The molecule has 3 rings (SSSR count). The number of hydrogen-bond acceptors (Lipinski definition) is 2. The van der Waals surface area contributed by atoms with Gasteiger partial charge in [-0.3, -0.25) is 0 Å². The highest BCUT2D eigenvalue weighted by Crippen LogP contribution is 2.45. The van der Waals surface area contributed by atoms with Gasteiger partial charge in [0.25, 0.3) is 0 Å². The summed E-state index contributed by atoms with van der Waals surface area (Å²) in [6.07, 6.45) is 30.6. The van der Waals surface area contributed by atoms with Crippen LogP contribution in [0.2, 0.25) is 0 Å². The Balaban J connectivity index is 1.31. The lowest BCUT2D eigenvalue weighted by Gasteiger charge is -2.22. The number of hydrogen-bond donors (Lipinski definition) is 1. The molecule has 2 aromatic rings. The van der Waals surface area contributed by atoms with Crippen molar-refractivity contribution in [2.24, 2.45) is 0 Å². The zero-order valence-corrected chi connectivity index (χ0v) is 25.7. The van der Waals surface area contributed by atoms with Crippen LogP contribution in [0.3, 0.4) is 0 Å². The minimum atomic E-state index is 1.22. The molecule has 0 radical (unpaired) electrons. The lowest BCUT2D eigenvalue weighted by molar-refractivity contribution is 0.556. The molecule has 2 aromatic carbocycles. The first kappa shape index (κ1) is 31.1. The summed E-state index contributed by atoms with van der Waals surface area (Å²) in [5, 5.41) is 3.69. The van der Waals surface area contributed by atoms with E-state index in [9.17, 15) is 0 Å². The summed E-state index contributed by atoms with van der Waals surface area (Å²) in [6.45, 7) is 4.60. The SMILES string of the molecule is CCCCCCCCCCCCc1ccc2c(c1)Sc1cc(CCCCCCCCCCCC)ccc1N2. The van der Waals surface area contributed by atoms with Crippen molar-refractivity contribution in [1.82, 2.24) is 0 Å². The Bertz CT molecular complexity index is 817. The molecule has 0 aromatic heterocycles. The Morgan fingerprint density at radius 2 is 0.789 bits per heavy atom. The van der Waals surface area contributed by atoms with Crippen molar-refractivity contribution in [2.75, 3.05) is 5.32 Å². The summed E-state index contributed by atoms with van der Waals surface area (Å²) in [4.78, 5) is 2.80. The third-order valence-corrected chi connectivity index (χ3v) is 9.33. The van der Waals surface area contributed by atoms with Crippen LogP contribution in [0.15, 0.2) is 46.2 Å². The van der Waals surface area contributed by atoms with Gasteiger partial charge < -0.3 is 5.32 Å². The van der Waals surface area contributed by atoms with E-state index in [4.69, 9.17) is 0 Å². The highest BCUT2D eigenvalue weighted by molar-refractivity contribution is 7.99. The number of anilines is 2. The van der Waals surface area contributed by atoms with Gasteiger partial charge in [0.05, 0.1) is 11.4 Å². The molecular weight excluding hydrogens is 478 g/mol. The highest BCUT2D eigenvalue weighted by Gasteiger charge is 2.16. The molecule has 1 N–H and O–H groups in total. The number of nitrogens with one attached hydrogen (secondary N) is 1. The number of benzene rings is 2. The van der Waals surface area contributed by atoms with Gasteiger partial charge in [-0.25, -0.2) is 0 Å². The first-order valence-corrected chi connectivity index (χ1v) is 17.3. The number of unbranched alkanes of at least 4 members (excludes halogenated alkanes) is 18. The van der Waals surface area contributed by atoms with Crippen LogP contribution in [0, 0.1) is 0 Å². The third-order valence-electron chi connectivity index (χ3n) is 8.22. The molecule has 1 aliphatic heterocycles. The molecule has 0 unspecified atom stereocenters. The Morgan fingerprint density at radius 1 is 0.447 bits per heavy atom. The topological polar surface area (TPSA) is 12.0 Å². The second-order valence-electron chi connectivity index (χ2n) is 11.8. The van der Waals surface area contributed by atoms with Gasteiger partial charge in [-0.1, -0.05) is 153 Å². The zero-order chi connectivity index (χ0) is 26.7. The van der Waals surface area contributed by atoms with E-state index in [-0.39, 0.29) is 0 Å². The molecule has 1 aliphatic rings. The smallest absolute Gasteiger partial charge is 0.0526 e. The van der Waals surface area contributed by atoms with Crippen LogP contribution in [0.5, 0.6) is 0 Å². The second kappa shape index (κ2) is 19.6. The van der Waals surface area contributed by atoms with Crippen LogP contribution in [0.1, 0.15) is 153 Å². The maximum Gasteiger partial charge on any atom is 0.0526 e. The monoisotopic (exact) mass is 535 g/mol. The molecule has 0 saturated carbocycles. The van der Waals surface area contributed by atoms with Gasteiger partial charge in [0, 0.05) is 9.79 Å². The number of rotatable bonds is 22. The first-order valence-electron chi connectivity index (χ1n) is 16.5. The third kappa shape index (κ3) is 12.2. The minimum Gasteiger partial charge on any atom is -0.354 e. The normalized spacial score (nSPS) is 12.3. The van der Waals surface area contributed by atoms with Gasteiger partial charge in [0.15, 0.2) is 0 Å². The Morgan fingerprint density at radius 3 is 1.16 bits per heavy atom. The fourth-order valence-electron chi connectivity index (χ4n) is 5.72. The summed E-state index contributed by atoms with van der Waals surface area (Å²) in [5.74, 6) is 0. The van der Waals surface area contributed by atoms with Crippen molar-refractivity contribution in [1.29, 1.82) is 0 Å². The number of aryl methyl sites for hydroxylation is 2. The molecule has 38 heavy (non-hydrogen) atoms. The van der Waals surface area contributed by atoms with E-state index < -0.39 is 0 Å². The van der Waals surface area contributed by atoms with Gasteiger partial charge >= 0.3 is 0 Å². The van der Waals surface area contributed by atoms with Crippen LogP contribution in [-0.2, 0) is 12.8 Å². The van der Waals surface area contributed by atoms with E-state index in [1.807, 2.05) is 11.8 Å². The van der Waals surface area contributed by atoms with Crippen LogP contribution < -0.4 is 5.32 Å². The molecule has 1 nitrogen and oxygen atoms in total. The van der Waals surface area contributed by atoms with E-state index in [0.29, 0.717) is 0 Å². The summed E-state index contributed by atoms with van der Waals surface area (Å²) in [5.41, 5.74) is 5.55. The van der Waals surface area contributed by atoms with Gasteiger partial charge in [-0.15, -0.1) is 0 Å². The standard InChI is InChI=1S/C36H57NS/c1-3-5-7-9-11-13-15-17-19-21-23-31-25-27-33-35(29-31)38-36-30-32(26-28-34(36)37-33)24-22-20-18-16-14-12-10-8-6-4-2/h25-30,37H,3-24H2,1-2H3. The fraction of sp³-hybridized carbons (Fsp3) is 0.667. The van der Waals surface area contributed by atoms with E-state index >= 15 is 0 Å². The van der Waals surface area contributed by atoms with Crippen LogP contribution >= 0.6 is 11.8 Å². The Kier molecular flexibility index (Phi) is 16.1. The molecular formula is C36H57NS. The van der Waals surface area contributed by atoms with Crippen molar-refractivity contribution in [3.05, 3.63) is 47.5 Å². The lowest BCUT2D eigenvalue weighted by Crippen LogP contribution is -2.01. The highest BCUT2D eigenvalue weighted by atomic mass is 32.2. The predicted octanol–water partition coefficient (Wildman–Crippen LogP) is 12.8. The second-order valence-corrected chi connectivity index (χ2v) is 12.8. The molecule has 212 valence electrons. The molecule has 0 saturated heterocycles. The average molecular weight is 536 g/mol. The first-order chi connectivity index (χ1) is 18.8. The van der Waals surface area contributed by atoms with E-state index in [0.717, 1.165) is 0 Å². The van der Waals surface area contributed by atoms with Gasteiger partial charge in [0.2, 0.25) is 0 Å². The molecule has 0 amide bonds. The molecule has 0 spiro atoms. The molecule has 0 bridgehead atoms. The minimum absolute atomic E-state index is 1.22. The molecule has 0 fully saturated rings. The Hall–Kier alpha value is -1.41. The van der Waals surface area contributed by atoms with Crippen LogP contribution in [-0.4, -0.2) is 0 Å². The number of fused-ring (bicyclic) bond motifs is 2. The molecule has 1 heterocycles. The molecule has 0 atom stereocenters. The van der Waals surface area contributed by atoms with Gasteiger partial charge in [-0.2, -0.15) is 0 Å². The lowest BCUT2D eigenvalue weighted by atomic mass is 10.0. The maximum atomic E-state index is 3.69. The largest absolute Gasteiger partial charge is 0.354 e. The maximum absolute atomic E-state index is 3.69. The summed E-state index contributed by atoms with van der Waals surface area (Å²) < 4.78 is 0. The van der Waals surface area contributed by atoms with Gasteiger partial charge in [0.1, 0.15) is 0 Å². The van der Waals surface area contributed by atoms with Gasteiger partial charge in [-0.05, 0) is 61.1 Å². The van der Waals surface area contributed by atoms with Crippen molar-refractivity contribution >= 4 is 23.1 Å².